The maximum absolute atomic E-state index is 5.40. The molecule has 0 radical (unpaired) electrons. The Kier molecular flexibility index (Phi) is 15.7. The number of rotatable bonds is 15. The summed E-state index contributed by atoms with van der Waals surface area (Å²) in [5.74, 6) is 0. The van der Waals surface area contributed by atoms with Gasteiger partial charge in [0.1, 0.15) is 0 Å². The number of hydrogen-bond acceptors (Lipinski definition) is 5. The van der Waals surface area contributed by atoms with Crippen LogP contribution in [0.3, 0.4) is 0 Å². The van der Waals surface area contributed by atoms with E-state index in [0.29, 0.717) is 39.6 Å². The van der Waals surface area contributed by atoms with Gasteiger partial charge in [-0.1, -0.05) is 6.92 Å². The average molecular weight is 277 g/mol. The molecule has 5 nitrogen and oxygen atoms in total. The lowest BCUT2D eigenvalue weighted by Crippen LogP contribution is -2.21. The molecule has 0 aliphatic carbocycles. The third-order valence-electron chi connectivity index (χ3n) is 2.27. The van der Waals surface area contributed by atoms with Crippen LogP contribution < -0.4 is 5.32 Å². The fraction of sp³-hybridized carbons (Fsp3) is 1.00. The normalized spacial score (nSPS) is 11.4. The zero-order chi connectivity index (χ0) is 14.2. The van der Waals surface area contributed by atoms with Gasteiger partial charge in [-0.15, -0.1) is 0 Å². The molecule has 116 valence electrons. The highest BCUT2D eigenvalue weighted by Gasteiger charge is 1.94. The Morgan fingerprint density at radius 1 is 0.737 bits per heavy atom. The first-order valence-corrected chi connectivity index (χ1v) is 7.33. The maximum Gasteiger partial charge on any atom is 0.0703 e. The molecule has 0 bridgehead atoms. The molecule has 0 amide bonds. The fourth-order valence-electron chi connectivity index (χ4n) is 1.33. The molecule has 0 atom stereocenters. The van der Waals surface area contributed by atoms with Gasteiger partial charge in [-0.05, 0) is 26.8 Å². The third kappa shape index (κ3) is 17.8. The summed E-state index contributed by atoms with van der Waals surface area (Å²) in [7, 11) is 0. The molecule has 19 heavy (non-hydrogen) atoms. The first-order chi connectivity index (χ1) is 9.27. The highest BCUT2D eigenvalue weighted by atomic mass is 16.6. The molecule has 0 saturated heterocycles. The van der Waals surface area contributed by atoms with E-state index in [2.05, 4.69) is 12.2 Å². The second-order valence-corrected chi connectivity index (χ2v) is 4.51. The summed E-state index contributed by atoms with van der Waals surface area (Å²) in [5, 5.41) is 3.28. The van der Waals surface area contributed by atoms with Crippen molar-refractivity contribution >= 4 is 0 Å². The Bertz CT molecular complexity index is 168. The zero-order valence-corrected chi connectivity index (χ0v) is 12.8. The minimum Gasteiger partial charge on any atom is -0.378 e. The van der Waals surface area contributed by atoms with Gasteiger partial charge >= 0.3 is 0 Å². The molecule has 0 unspecified atom stereocenters. The molecule has 0 aromatic carbocycles. The van der Waals surface area contributed by atoms with Crippen molar-refractivity contribution in [2.45, 2.75) is 33.3 Å². The van der Waals surface area contributed by atoms with E-state index in [1.807, 2.05) is 13.8 Å². The van der Waals surface area contributed by atoms with Crippen LogP contribution in [0.5, 0.6) is 0 Å². The molecule has 0 heterocycles. The Morgan fingerprint density at radius 2 is 1.26 bits per heavy atom. The summed E-state index contributed by atoms with van der Waals surface area (Å²) in [4.78, 5) is 0. The van der Waals surface area contributed by atoms with Gasteiger partial charge in [0.15, 0.2) is 0 Å². The van der Waals surface area contributed by atoms with Crippen LogP contribution >= 0.6 is 0 Å². The molecule has 0 saturated carbocycles. The quantitative estimate of drug-likeness (QED) is 0.459. The van der Waals surface area contributed by atoms with Crippen molar-refractivity contribution in [1.82, 2.24) is 5.32 Å². The monoisotopic (exact) mass is 277 g/mol. The van der Waals surface area contributed by atoms with Gasteiger partial charge in [-0.2, -0.15) is 0 Å². The van der Waals surface area contributed by atoms with Gasteiger partial charge in [0, 0.05) is 6.54 Å². The summed E-state index contributed by atoms with van der Waals surface area (Å²) in [5.41, 5.74) is 0. The van der Waals surface area contributed by atoms with E-state index in [1.165, 1.54) is 0 Å². The van der Waals surface area contributed by atoms with E-state index in [4.69, 9.17) is 18.9 Å². The Morgan fingerprint density at radius 3 is 1.79 bits per heavy atom. The predicted molar refractivity (Wildman–Crippen MR) is 76.7 cm³/mol. The first-order valence-electron chi connectivity index (χ1n) is 7.33. The van der Waals surface area contributed by atoms with Crippen molar-refractivity contribution in [1.29, 1.82) is 0 Å². The van der Waals surface area contributed by atoms with Crippen LogP contribution in [0.25, 0.3) is 0 Å². The Balaban J connectivity index is 2.91. The average Bonchev–Trinajstić information content (AvgIpc) is 2.39. The van der Waals surface area contributed by atoms with Crippen LogP contribution in [0.1, 0.15) is 27.2 Å². The molecule has 0 rings (SSSR count). The maximum atomic E-state index is 5.40. The first kappa shape index (κ1) is 18.8. The van der Waals surface area contributed by atoms with Gasteiger partial charge in [0.05, 0.1) is 52.4 Å². The Labute approximate surface area is 117 Å². The van der Waals surface area contributed by atoms with E-state index in [-0.39, 0.29) is 6.10 Å². The molecule has 0 aliphatic heterocycles. The Hall–Kier alpha value is -0.200. The molecular formula is C14H31NO4. The van der Waals surface area contributed by atoms with E-state index < -0.39 is 0 Å². The lowest BCUT2D eigenvalue weighted by molar-refractivity contribution is -0.0114. The standard InChI is InChI=1S/C14H31NO4/c1-4-5-15-6-7-16-8-9-17-10-11-18-12-13-19-14(2)3/h14-15H,4-13H2,1-3H3. The second kappa shape index (κ2) is 15.9. The number of hydrogen-bond donors (Lipinski definition) is 1. The van der Waals surface area contributed by atoms with Crippen LogP contribution in [0.4, 0.5) is 0 Å². The highest BCUT2D eigenvalue weighted by molar-refractivity contribution is 4.43. The molecule has 0 spiro atoms. The van der Waals surface area contributed by atoms with Crippen molar-refractivity contribution in [2.24, 2.45) is 0 Å². The number of ether oxygens (including phenoxy) is 4. The van der Waals surface area contributed by atoms with Crippen molar-refractivity contribution in [3.05, 3.63) is 0 Å². The van der Waals surface area contributed by atoms with Gasteiger partial charge in [0.2, 0.25) is 0 Å². The minimum absolute atomic E-state index is 0.267. The molecule has 1 N–H and O–H groups in total. The summed E-state index contributed by atoms with van der Waals surface area (Å²) >= 11 is 0. The summed E-state index contributed by atoms with van der Waals surface area (Å²) in [6.07, 6.45) is 1.43. The summed E-state index contributed by atoms with van der Waals surface area (Å²) < 4.78 is 21.5. The van der Waals surface area contributed by atoms with E-state index in [0.717, 1.165) is 26.1 Å². The third-order valence-corrected chi connectivity index (χ3v) is 2.27. The SMILES string of the molecule is CCCNCCOCCOCCOCCOC(C)C. The molecule has 0 aromatic rings. The van der Waals surface area contributed by atoms with Crippen LogP contribution in [-0.4, -0.2) is 65.4 Å². The lowest BCUT2D eigenvalue weighted by Gasteiger charge is -2.09. The van der Waals surface area contributed by atoms with Gasteiger partial charge < -0.3 is 24.3 Å². The zero-order valence-electron chi connectivity index (χ0n) is 12.8. The van der Waals surface area contributed by atoms with Crippen LogP contribution in [0, 0.1) is 0 Å². The van der Waals surface area contributed by atoms with Crippen LogP contribution in [0.2, 0.25) is 0 Å². The predicted octanol–water partition coefficient (Wildman–Crippen LogP) is 1.46. The van der Waals surface area contributed by atoms with E-state index in [9.17, 15) is 0 Å². The minimum atomic E-state index is 0.267. The molecular weight excluding hydrogens is 246 g/mol. The van der Waals surface area contributed by atoms with E-state index in [1.54, 1.807) is 0 Å². The largest absolute Gasteiger partial charge is 0.378 e. The summed E-state index contributed by atoms with van der Waals surface area (Å²) in [6, 6.07) is 0. The topological polar surface area (TPSA) is 49.0 Å². The van der Waals surface area contributed by atoms with Gasteiger partial charge in [-0.25, -0.2) is 0 Å². The second-order valence-electron chi connectivity index (χ2n) is 4.51. The van der Waals surface area contributed by atoms with Crippen molar-refractivity contribution in [3.63, 3.8) is 0 Å². The molecule has 0 aliphatic rings. The van der Waals surface area contributed by atoms with Crippen molar-refractivity contribution < 1.29 is 18.9 Å². The molecule has 5 heteroatoms. The van der Waals surface area contributed by atoms with Gasteiger partial charge in [0.25, 0.3) is 0 Å². The van der Waals surface area contributed by atoms with Crippen molar-refractivity contribution in [3.8, 4) is 0 Å². The number of nitrogens with one attached hydrogen (secondary N) is 1. The van der Waals surface area contributed by atoms with Crippen molar-refractivity contribution in [2.75, 3.05) is 59.3 Å². The van der Waals surface area contributed by atoms with Crippen LogP contribution in [0.15, 0.2) is 0 Å². The molecule has 0 fully saturated rings. The lowest BCUT2D eigenvalue weighted by atomic mass is 10.5. The van der Waals surface area contributed by atoms with E-state index >= 15 is 0 Å². The smallest absolute Gasteiger partial charge is 0.0703 e. The molecule has 0 aromatic heterocycles. The van der Waals surface area contributed by atoms with Crippen LogP contribution in [-0.2, 0) is 18.9 Å². The fourth-order valence-corrected chi connectivity index (χ4v) is 1.33. The van der Waals surface area contributed by atoms with Gasteiger partial charge in [-0.3, -0.25) is 0 Å². The summed E-state index contributed by atoms with van der Waals surface area (Å²) in [6.45, 7) is 12.6. The highest BCUT2D eigenvalue weighted by Crippen LogP contribution is 1.87.